The highest BCUT2D eigenvalue weighted by Gasteiger charge is 2.02. The minimum absolute atomic E-state index is 0.545. The molecule has 0 fully saturated rings. The van der Waals surface area contributed by atoms with E-state index in [1.165, 1.54) is 12.7 Å². The van der Waals surface area contributed by atoms with E-state index in [0.717, 1.165) is 5.56 Å². The summed E-state index contributed by atoms with van der Waals surface area (Å²) >= 11 is 0. The fourth-order valence-corrected chi connectivity index (χ4v) is 1.27. The number of nitrogens with zero attached hydrogens (tertiary/aromatic N) is 3. The van der Waals surface area contributed by atoms with Crippen molar-refractivity contribution in [3.05, 3.63) is 36.9 Å². The zero-order chi connectivity index (χ0) is 11.4. The second-order valence-electron chi connectivity index (χ2n) is 3.03. The van der Waals surface area contributed by atoms with Gasteiger partial charge in [-0.05, 0) is 12.1 Å². The highest BCUT2D eigenvalue weighted by Crippen LogP contribution is 2.18. The van der Waals surface area contributed by atoms with Crippen LogP contribution in [-0.2, 0) is 0 Å². The molecule has 2 aromatic rings. The van der Waals surface area contributed by atoms with Crippen molar-refractivity contribution >= 4 is 11.7 Å². The molecule has 1 aromatic heterocycles. The molecule has 3 N–H and O–H groups in total. The Labute approximate surface area is 91.6 Å². The maximum absolute atomic E-state index is 10.7. The van der Waals surface area contributed by atoms with Gasteiger partial charge in [-0.3, -0.25) is 0 Å². The Morgan fingerprint density at radius 2 is 2.00 bits per heavy atom. The van der Waals surface area contributed by atoms with Gasteiger partial charge in [0.2, 0.25) is 0 Å². The van der Waals surface area contributed by atoms with E-state index >= 15 is 0 Å². The molecule has 0 bridgehead atoms. The van der Waals surface area contributed by atoms with Crippen molar-refractivity contribution < 1.29 is 4.79 Å². The van der Waals surface area contributed by atoms with E-state index in [4.69, 9.17) is 5.73 Å². The molecule has 16 heavy (non-hydrogen) atoms. The van der Waals surface area contributed by atoms with Crippen LogP contribution < -0.4 is 11.1 Å². The van der Waals surface area contributed by atoms with E-state index in [-0.39, 0.29) is 0 Å². The fourth-order valence-electron chi connectivity index (χ4n) is 1.27. The molecule has 0 aliphatic rings. The second-order valence-corrected chi connectivity index (χ2v) is 3.03. The van der Waals surface area contributed by atoms with Crippen LogP contribution in [0.2, 0.25) is 0 Å². The molecule has 0 unspecified atom stereocenters. The van der Waals surface area contributed by atoms with Crippen molar-refractivity contribution in [1.29, 1.82) is 0 Å². The number of primary amides is 1. The average molecular weight is 215 g/mol. The number of aromatic nitrogens is 3. The predicted octanol–water partition coefficient (Wildman–Crippen LogP) is 1.03. The molecule has 0 atom stereocenters. The summed E-state index contributed by atoms with van der Waals surface area (Å²) in [5.74, 6) is 0.545. The van der Waals surface area contributed by atoms with Gasteiger partial charge >= 0.3 is 6.03 Å². The zero-order valence-corrected chi connectivity index (χ0v) is 8.29. The minimum Gasteiger partial charge on any atom is -0.351 e. The first-order valence-electron chi connectivity index (χ1n) is 4.54. The first kappa shape index (κ1) is 10.0. The van der Waals surface area contributed by atoms with Gasteiger partial charge in [-0.1, -0.05) is 12.1 Å². The van der Waals surface area contributed by atoms with Gasteiger partial charge in [0.05, 0.1) is 0 Å². The van der Waals surface area contributed by atoms with Gasteiger partial charge in [0, 0.05) is 11.3 Å². The van der Waals surface area contributed by atoms with Crippen LogP contribution in [0.3, 0.4) is 0 Å². The molecule has 0 spiro atoms. The molecule has 6 heteroatoms. The lowest BCUT2D eigenvalue weighted by Crippen LogP contribution is -2.19. The third-order valence-electron chi connectivity index (χ3n) is 1.88. The van der Waals surface area contributed by atoms with Crippen molar-refractivity contribution in [3.63, 3.8) is 0 Å². The van der Waals surface area contributed by atoms with Crippen LogP contribution in [0.5, 0.6) is 0 Å². The summed E-state index contributed by atoms with van der Waals surface area (Å²) in [4.78, 5) is 22.4. The van der Waals surface area contributed by atoms with Crippen molar-refractivity contribution in [2.24, 2.45) is 5.73 Å². The molecule has 2 amide bonds. The van der Waals surface area contributed by atoms with Crippen LogP contribution in [0.4, 0.5) is 10.5 Å². The largest absolute Gasteiger partial charge is 0.351 e. The minimum atomic E-state index is -0.604. The molecule has 6 nitrogen and oxygen atoms in total. The summed E-state index contributed by atoms with van der Waals surface area (Å²) in [5, 5.41) is 2.48. The lowest BCUT2D eigenvalue weighted by molar-refractivity contribution is 0.259. The zero-order valence-electron chi connectivity index (χ0n) is 8.29. The van der Waals surface area contributed by atoms with Crippen molar-refractivity contribution in [2.45, 2.75) is 0 Å². The first-order valence-corrected chi connectivity index (χ1v) is 4.54. The smallest absolute Gasteiger partial charge is 0.316 e. The summed E-state index contributed by atoms with van der Waals surface area (Å²) in [6, 6.07) is 6.48. The summed E-state index contributed by atoms with van der Waals surface area (Å²) in [6.45, 7) is 0. The molecule has 1 aromatic carbocycles. The SMILES string of the molecule is NC(=O)Nc1cccc(-c2ncncn2)c1. The number of hydrogen-bond acceptors (Lipinski definition) is 4. The topological polar surface area (TPSA) is 93.8 Å². The molecule has 0 saturated heterocycles. The van der Waals surface area contributed by atoms with Gasteiger partial charge in [0.15, 0.2) is 5.82 Å². The summed E-state index contributed by atoms with van der Waals surface area (Å²) in [5.41, 5.74) is 6.41. The first-order chi connectivity index (χ1) is 7.75. The van der Waals surface area contributed by atoms with Crippen molar-refractivity contribution in [1.82, 2.24) is 15.0 Å². The molecule has 2 rings (SSSR count). The number of anilines is 1. The van der Waals surface area contributed by atoms with Crippen LogP contribution >= 0.6 is 0 Å². The number of benzene rings is 1. The fraction of sp³-hybridized carbons (Fsp3) is 0. The number of urea groups is 1. The van der Waals surface area contributed by atoms with Gasteiger partial charge in [0.25, 0.3) is 0 Å². The van der Waals surface area contributed by atoms with Crippen LogP contribution in [0.1, 0.15) is 0 Å². The molecular formula is C10H9N5O. The molecular weight excluding hydrogens is 206 g/mol. The Balaban J connectivity index is 2.33. The number of carbonyl (C=O) groups is 1. The Morgan fingerprint density at radius 1 is 1.25 bits per heavy atom. The molecule has 0 radical (unpaired) electrons. The van der Waals surface area contributed by atoms with E-state index in [1.54, 1.807) is 18.2 Å². The van der Waals surface area contributed by atoms with Crippen LogP contribution in [0, 0.1) is 0 Å². The third-order valence-corrected chi connectivity index (χ3v) is 1.88. The van der Waals surface area contributed by atoms with E-state index < -0.39 is 6.03 Å². The Bertz CT molecular complexity index is 500. The van der Waals surface area contributed by atoms with E-state index in [9.17, 15) is 4.79 Å². The van der Waals surface area contributed by atoms with E-state index in [1.807, 2.05) is 6.07 Å². The van der Waals surface area contributed by atoms with Crippen molar-refractivity contribution in [3.8, 4) is 11.4 Å². The number of nitrogens with one attached hydrogen (secondary N) is 1. The maximum atomic E-state index is 10.7. The second kappa shape index (κ2) is 4.35. The number of hydrogen-bond donors (Lipinski definition) is 2. The third kappa shape index (κ3) is 2.30. The Morgan fingerprint density at radius 3 is 2.69 bits per heavy atom. The van der Waals surface area contributed by atoms with Crippen LogP contribution in [-0.4, -0.2) is 21.0 Å². The highest BCUT2D eigenvalue weighted by atomic mass is 16.2. The van der Waals surface area contributed by atoms with E-state index in [2.05, 4.69) is 20.3 Å². The molecule has 0 aliphatic heterocycles. The monoisotopic (exact) mass is 215 g/mol. The average Bonchev–Trinajstić information content (AvgIpc) is 2.30. The molecule has 0 aliphatic carbocycles. The Hall–Kier alpha value is -2.50. The maximum Gasteiger partial charge on any atom is 0.316 e. The number of carbonyl (C=O) groups excluding carboxylic acids is 1. The van der Waals surface area contributed by atoms with Crippen LogP contribution in [0.25, 0.3) is 11.4 Å². The molecule has 1 heterocycles. The predicted molar refractivity (Wildman–Crippen MR) is 58.5 cm³/mol. The van der Waals surface area contributed by atoms with Gasteiger partial charge in [0.1, 0.15) is 12.7 Å². The quantitative estimate of drug-likeness (QED) is 0.782. The summed E-state index contributed by atoms with van der Waals surface area (Å²) in [6.07, 6.45) is 2.83. The summed E-state index contributed by atoms with van der Waals surface area (Å²) in [7, 11) is 0. The summed E-state index contributed by atoms with van der Waals surface area (Å²) < 4.78 is 0. The number of nitrogens with two attached hydrogens (primary N) is 1. The van der Waals surface area contributed by atoms with Crippen LogP contribution in [0.15, 0.2) is 36.9 Å². The lowest BCUT2D eigenvalue weighted by Gasteiger charge is -2.03. The Kier molecular flexibility index (Phi) is 2.73. The van der Waals surface area contributed by atoms with Crippen molar-refractivity contribution in [2.75, 3.05) is 5.32 Å². The van der Waals surface area contributed by atoms with Gasteiger partial charge in [-0.15, -0.1) is 0 Å². The standard InChI is InChI=1S/C10H9N5O/c11-10(16)15-8-3-1-2-7(4-8)9-13-5-12-6-14-9/h1-6H,(H3,11,15,16). The van der Waals surface area contributed by atoms with Gasteiger partial charge in [-0.2, -0.15) is 0 Å². The highest BCUT2D eigenvalue weighted by molar-refractivity contribution is 5.88. The molecule has 0 saturated carbocycles. The number of amides is 2. The van der Waals surface area contributed by atoms with E-state index in [0.29, 0.717) is 11.5 Å². The normalized spacial score (nSPS) is 9.75. The molecule has 80 valence electrons. The van der Waals surface area contributed by atoms with Gasteiger partial charge in [-0.25, -0.2) is 19.7 Å². The number of rotatable bonds is 2. The van der Waals surface area contributed by atoms with Gasteiger partial charge < -0.3 is 11.1 Å². The lowest BCUT2D eigenvalue weighted by atomic mass is 10.2.